The summed E-state index contributed by atoms with van der Waals surface area (Å²) in [5.74, 6) is 0.426. The molecular formula is C36H33N3O2S. The minimum absolute atomic E-state index is 0.127. The Hall–Kier alpha value is -4.68. The molecule has 0 N–H and O–H groups in total. The number of ether oxygens (including phenoxy) is 1. The Bertz CT molecular complexity index is 1700. The molecule has 0 spiro atoms. The zero-order chi connectivity index (χ0) is 29.4. The van der Waals surface area contributed by atoms with Gasteiger partial charge in [0.05, 0.1) is 24.0 Å². The Balaban J connectivity index is 1.53. The van der Waals surface area contributed by atoms with Crippen LogP contribution < -0.4 is 19.4 Å². The maximum absolute atomic E-state index is 14.3. The van der Waals surface area contributed by atoms with E-state index in [-0.39, 0.29) is 5.91 Å². The van der Waals surface area contributed by atoms with Gasteiger partial charge in [-0.3, -0.25) is 9.69 Å². The average Bonchev–Trinajstić information content (AvgIpc) is 3.02. The Morgan fingerprint density at radius 1 is 0.643 bits per heavy atom. The second-order valence-electron chi connectivity index (χ2n) is 10.6. The molecule has 1 aliphatic heterocycles. The molecule has 6 heteroatoms. The third-order valence-electron chi connectivity index (χ3n) is 7.56. The summed E-state index contributed by atoms with van der Waals surface area (Å²) >= 11 is 1.70. The van der Waals surface area contributed by atoms with Crippen LogP contribution in [0.15, 0.2) is 119 Å². The van der Waals surface area contributed by atoms with Gasteiger partial charge in [-0.05, 0) is 59.7 Å². The van der Waals surface area contributed by atoms with Crippen LogP contribution in [0.1, 0.15) is 10.4 Å². The lowest BCUT2D eigenvalue weighted by atomic mass is 10.0. The van der Waals surface area contributed by atoms with Gasteiger partial charge in [0, 0.05) is 60.5 Å². The van der Waals surface area contributed by atoms with E-state index in [0.717, 1.165) is 54.8 Å². The number of carbonyl (C=O) groups excluding carboxylic acids is 1. The lowest BCUT2D eigenvalue weighted by molar-refractivity contribution is 0.0995. The molecule has 5 aromatic rings. The molecule has 6 rings (SSSR count). The molecule has 0 bridgehead atoms. The van der Waals surface area contributed by atoms with E-state index in [0.29, 0.717) is 11.3 Å². The van der Waals surface area contributed by atoms with Gasteiger partial charge in [-0.1, -0.05) is 72.4 Å². The number of anilines is 4. The summed E-state index contributed by atoms with van der Waals surface area (Å²) in [6.45, 7) is 0. The van der Waals surface area contributed by atoms with E-state index in [1.807, 2.05) is 29.2 Å². The van der Waals surface area contributed by atoms with Crippen LogP contribution >= 0.6 is 11.8 Å². The van der Waals surface area contributed by atoms with Crippen molar-refractivity contribution in [2.24, 2.45) is 0 Å². The Morgan fingerprint density at radius 3 is 1.62 bits per heavy atom. The second kappa shape index (κ2) is 11.3. The van der Waals surface area contributed by atoms with E-state index in [9.17, 15) is 4.79 Å². The highest BCUT2D eigenvalue weighted by atomic mass is 32.2. The molecule has 0 saturated heterocycles. The van der Waals surface area contributed by atoms with Crippen LogP contribution in [-0.2, 0) is 0 Å². The molecule has 0 saturated carbocycles. The van der Waals surface area contributed by atoms with Crippen molar-refractivity contribution in [1.82, 2.24) is 0 Å². The van der Waals surface area contributed by atoms with Crippen molar-refractivity contribution in [3.05, 3.63) is 115 Å². The number of rotatable bonds is 6. The number of hydrogen-bond acceptors (Lipinski definition) is 5. The number of benzene rings is 5. The van der Waals surface area contributed by atoms with Crippen molar-refractivity contribution < 1.29 is 9.53 Å². The maximum atomic E-state index is 14.3. The predicted molar refractivity (Wildman–Crippen MR) is 176 cm³/mol. The molecule has 0 atom stereocenters. The molecule has 5 nitrogen and oxygen atoms in total. The summed E-state index contributed by atoms with van der Waals surface area (Å²) in [7, 11) is 9.83. The molecule has 0 aliphatic carbocycles. The van der Waals surface area contributed by atoms with Crippen LogP contribution in [0.25, 0.3) is 22.3 Å². The number of fused-ring (bicyclic) bond motifs is 2. The molecule has 0 unspecified atom stereocenters. The SMILES string of the molecule is COc1ccccc1C(=O)N1c2ccc(-c3ccccc3N(C)C)cc2Sc2cc(-c3ccccc3N(C)C)ccc21. The summed E-state index contributed by atoms with van der Waals surface area (Å²) in [5.41, 5.74) is 9.02. The number of methoxy groups -OCH3 is 1. The first-order chi connectivity index (χ1) is 20.4. The van der Waals surface area contributed by atoms with Gasteiger partial charge in [-0.25, -0.2) is 0 Å². The zero-order valence-electron chi connectivity index (χ0n) is 24.5. The van der Waals surface area contributed by atoms with E-state index in [1.165, 1.54) is 0 Å². The highest BCUT2D eigenvalue weighted by Gasteiger charge is 2.31. The smallest absolute Gasteiger partial charge is 0.266 e. The van der Waals surface area contributed by atoms with Crippen LogP contribution in [0.5, 0.6) is 5.75 Å². The van der Waals surface area contributed by atoms with Gasteiger partial charge in [-0.2, -0.15) is 0 Å². The number of hydrogen-bond donors (Lipinski definition) is 0. The quantitative estimate of drug-likeness (QED) is 0.204. The summed E-state index contributed by atoms with van der Waals surface area (Å²) in [6.07, 6.45) is 0. The van der Waals surface area contributed by atoms with E-state index in [4.69, 9.17) is 4.74 Å². The number of nitrogens with zero attached hydrogens (tertiary/aromatic N) is 3. The summed E-state index contributed by atoms with van der Waals surface area (Å²) < 4.78 is 5.60. The molecule has 1 amide bonds. The third-order valence-corrected chi connectivity index (χ3v) is 8.65. The number of para-hydroxylation sites is 3. The minimum atomic E-state index is -0.127. The first kappa shape index (κ1) is 27.5. The number of carbonyl (C=O) groups is 1. The Kier molecular flexibility index (Phi) is 7.40. The van der Waals surface area contributed by atoms with Crippen LogP contribution in [0, 0.1) is 0 Å². The summed E-state index contributed by atoms with van der Waals surface area (Å²) in [6, 6.07) is 37.0. The van der Waals surface area contributed by atoms with E-state index >= 15 is 0 Å². The van der Waals surface area contributed by atoms with Gasteiger partial charge in [0.1, 0.15) is 5.75 Å². The molecule has 42 heavy (non-hydrogen) atoms. The fourth-order valence-corrected chi connectivity index (χ4v) is 6.66. The lowest BCUT2D eigenvalue weighted by Gasteiger charge is -2.32. The largest absolute Gasteiger partial charge is 0.496 e. The highest BCUT2D eigenvalue weighted by molar-refractivity contribution is 7.99. The normalized spacial score (nSPS) is 11.9. The fourth-order valence-electron chi connectivity index (χ4n) is 5.52. The second-order valence-corrected chi connectivity index (χ2v) is 11.7. The minimum Gasteiger partial charge on any atom is -0.496 e. The zero-order valence-corrected chi connectivity index (χ0v) is 25.3. The number of amides is 1. The molecule has 0 fully saturated rings. The van der Waals surface area contributed by atoms with Crippen LogP contribution in [0.3, 0.4) is 0 Å². The Morgan fingerprint density at radius 2 is 1.12 bits per heavy atom. The third kappa shape index (κ3) is 4.88. The molecular weight excluding hydrogens is 538 g/mol. The maximum Gasteiger partial charge on any atom is 0.266 e. The van der Waals surface area contributed by atoms with Crippen molar-refractivity contribution in [2.45, 2.75) is 9.79 Å². The summed E-state index contributed by atoms with van der Waals surface area (Å²) in [5, 5.41) is 0. The van der Waals surface area contributed by atoms with Crippen molar-refractivity contribution in [1.29, 1.82) is 0 Å². The molecule has 1 aliphatic rings. The van der Waals surface area contributed by atoms with Crippen molar-refractivity contribution in [2.75, 3.05) is 50.0 Å². The molecule has 0 radical (unpaired) electrons. The molecule has 5 aromatic carbocycles. The van der Waals surface area contributed by atoms with Crippen LogP contribution in [0.4, 0.5) is 22.7 Å². The van der Waals surface area contributed by atoms with Crippen molar-refractivity contribution in [3.63, 3.8) is 0 Å². The highest BCUT2D eigenvalue weighted by Crippen LogP contribution is 2.51. The van der Waals surface area contributed by atoms with Crippen LogP contribution in [-0.4, -0.2) is 41.2 Å². The van der Waals surface area contributed by atoms with Gasteiger partial charge in [0.2, 0.25) is 0 Å². The monoisotopic (exact) mass is 571 g/mol. The van der Waals surface area contributed by atoms with E-state index in [1.54, 1.807) is 18.9 Å². The standard InChI is InChI=1S/C36H33N3O2S/c1-37(2)29-15-9-6-12-26(29)24-18-20-31-34(22-24)42-35-23-25(27-13-7-10-16-30(27)38(3)4)19-21-32(35)39(31)36(40)28-14-8-11-17-33(28)41-5/h6-23H,1-5H3. The van der Waals surface area contributed by atoms with Crippen molar-refractivity contribution in [3.8, 4) is 28.0 Å². The van der Waals surface area contributed by atoms with Gasteiger partial charge in [0.25, 0.3) is 5.91 Å². The van der Waals surface area contributed by atoms with Gasteiger partial charge < -0.3 is 14.5 Å². The van der Waals surface area contributed by atoms with Gasteiger partial charge >= 0.3 is 0 Å². The summed E-state index contributed by atoms with van der Waals surface area (Å²) in [4.78, 5) is 22.5. The van der Waals surface area contributed by atoms with E-state index in [2.05, 4.69) is 123 Å². The van der Waals surface area contributed by atoms with Crippen molar-refractivity contribution >= 4 is 40.4 Å². The predicted octanol–water partition coefficient (Wildman–Crippen LogP) is 8.60. The molecule has 0 aromatic heterocycles. The first-order valence-corrected chi connectivity index (χ1v) is 14.7. The average molecular weight is 572 g/mol. The first-order valence-electron chi connectivity index (χ1n) is 13.8. The molecule has 210 valence electrons. The fraction of sp³-hybridized carbons (Fsp3) is 0.139. The topological polar surface area (TPSA) is 36.0 Å². The molecule has 1 heterocycles. The van der Waals surface area contributed by atoms with Gasteiger partial charge in [0.15, 0.2) is 0 Å². The van der Waals surface area contributed by atoms with E-state index < -0.39 is 0 Å². The van der Waals surface area contributed by atoms with Crippen LogP contribution in [0.2, 0.25) is 0 Å². The lowest BCUT2D eigenvalue weighted by Crippen LogP contribution is -2.29. The van der Waals surface area contributed by atoms with Gasteiger partial charge in [-0.15, -0.1) is 0 Å². The Labute approximate surface area is 252 Å².